The topological polar surface area (TPSA) is 95.9 Å². The zero-order chi connectivity index (χ0) is 36.3. The van der Waals surface area contributed by atoms with Gasteiger partial charge in [0, 0.05) is 0 Å². The predicted octanol–water partition coefficient (Wildman–Crippen LogP) is 8.86. The van der Waals surface area contributed by atoms with Crippen molar-refractivity contribution in [1.29, 1.82) is 0 Å². The Balaban J connectivity index is 1.30. The van der Waals surface area contributed by atoms with Crippen molar-refractivity contribution in [3.05, 3.63) is 48.0 Å². The number of carboxylic acid groups (broad SMARTS) is 1. The van der Waals surface area contributed by atoms with Gasteiger partial charge in [0.15, 0.2) is 0 Å². The van der Waals surface area contributed by atoms with Crippen molar-refractivity contribution >= 4 is 11.9 Å². The van der Waals surface area contributed by atoms with Crippen molar-refractivity contribution in [1.82, 2.24) is 5.32 Å². The molecular formula is C44H67NO5. The highest BCUT2D eigenvalue weighted by atomic mass is 16.5. The fraction of sp³-hybridized carbons (Fsp3) is 0.773. The van der Waals surface area contributed by atoms with E-state index < -0.39 is 17.4 Å². The van der Waals surface area contributed by atoms with Gasteiger partial charge in [-0.25, -0.2) is 4.79 Å². The van der Waals surface area contributed by atoms with Gasteiger partial charge in [0.1, 0.15) is 6.04 Å². The molecule has 0 radical (unpaired) electrons. The number of aliphatic carboxylic acids is 1. The number of hydrogen-bond acceptors (Lipinski definition) is 4. The molecule has 0 bridgehead atoms. The number of aliphatic hydroxyl groups excluding tert-OH is 1. The van der Waals surface area contributed by atoms with Gasteiger partial charge in [0.05, 0.1) is 24.7 Å². The van der Waals surface area contributed by atoms with Crippen molar-refractivity contribution in [3.8, 4) is 0 Å². The molecule has 1 amide bonds. The maximum Gasteiger partial charge on any atom is 0.326 e. The summed E-state index contributed by atoms with van der Waals surface area (Å²) in [5.41, 5.74) is 2.06. The summed E-state index contributed by atoms with van der Waals surface area (Å²) in [5, 5.41) is 24.4. The normalized spacial score (nSPS) is 40.9. The molecule has 5 saturated carbocycles. The lowest BCUT2D eigenvalue weighted by Crippen LogP contribution is -2.67. The fourth-order valence-electron chi connectivity index (χ4n) is 13.6. The number of carboxylic acids is 1. The molecule has 6 rings (SSSR count). The van der Waals surface area contributed by atoms with Crippen LogP contribution in [-0.2, 0) is 20.7 Å². The van der Waals surface area contributed by atoms with Crippen LogP contribution in [-0.4, -0.2) is 47.4 Å². The summed E-state index contributed by atoms with van der Waals surface area (Å²) in [6.07, 6.45) is 11.1. The molecule has 0 spiro atoms. The van der Waals surface area contributed by atoms with Gasteiger partial charge in [-0.15, -0.1) is 0 Å². The Kier molecular flexibility index (Phi) is 10.3. The third-order valence-electron chi connectivity index (χ3n) is 16.4. The number of ether oxygens (including phenoxy) is 1. The van der Waals surface area contributed by atoms with Gasteiger partial charge >= 0.3 is 5.97 Å². The number of nitrogens with one attached hydrogen (secondary N) is 1. The Morgan fingerprint density at radius 1 is 0.900 bits per heavy atom. The maximum absolute atomic E-state index is 14.7. The second-order valence-corrected chi connectivity index (χ2v) is 19.3. The molecule has 3 N–H and O–H groups in total. The molecule has 0 aromatic heterocycles. The van der Waals surface area contributed by atoms with E-state index in [0.717, 1.165) is 76.2 Å². The molecule has 0 saturated heterocycles. The number of amides is 1. The van der Waals surface area contributed by atoms with E-state index in [9.17, 15) is 19.8 Å². The molecule has 1 aromatic rings. The molecule has 11 atom stereocenters. The highest BCUT2D eigenvalue weighted by molar-refractivity contribution is 5.88. The van der Waals surface area contributed by atoms with Gasteiger partial charge in [-0.1, -0.05) is 85.4 Å². The van der Waals surface area contributed by atoms with Crippen molar-refractivity contribution in [2.75, 3.05) is 13.2 Å². The first-order chi connectivity index (χ1) is 23.5. The zero-order valence-corrected chi connectivity index (χ0v) is 32.2. The first-order valence-corrected chi connectivity index (χ1v) is 20.0. The van der Waals surface area contributed by atoms with E-state index in [-0.39, 0.29) is 51.4 Å². The van der Waals surface area contributed by atoms with Gasteiger partial charge in [-0.2, -0.15) is 0 Å². The van der Waals surface area contributed by atoms with Crippen LogP contribution in [0.1, 0.15) is 125 Å². The van der Waals surface area contributed by atoms with Crippen molar-refractivity contribution in [3.63, 3.8) is 0 Å². The van der Waals surface area contributed by atoms with Crippen LogP contribution in [0.4, 0.5) is 0 Å². The first-order valence-electron chi connectivity index (χ1n) is 20.0. The number of carbonyl (C=O) groups excluding carboxylic acids is 1. The van der Waals surface area contributed by atoms with Crippen LogP contribution in [0, 0.1) is 62.6 Å². The SMILES string of the molecule is C=C(COCCc1ccccc1)[C@@H]1CC[C@]2(C(=O)N[C@@H](CC(C)C)C(=O)O)CC[C@]3(C)[C@H](CCC4[C@@]5(C)CC[C@H](O)C(C)(C)[C@@H]5CC[C@]43C)[C@@H]12. The number of hydrogen-bond donors (Lipinski definition) is 3. The Morgan fingerprint density at radius 3 is 2.30 bits per heavy atom. The van der Waals surface area contributed by atoms with Crippen LogP contribution >= 0.6 is 0 Å². The Morgan fingerprint density at radius 2 is 1.62 bits per heavy atom. The van der Waals surface area contributed by atoms with Crippen molar-refractivity contribution < 1.29 is 24.5 Å². The summed E-state index contributed by atoms with van der Waals surface area (Å²) in [7, 11) is 0. The summed E-state index contributed by atoms with van der Waals surface area (Å²) in [5.74, 6) is 0.919. The molecule has 50 heavy (non-hydrogen) atoms. The van der Waals surface area contributed by atoms with Gasteiger partial charge in [-0.3, -0.25) is 4.79 Å². The lowest BCUT2D eigenvalue weighted by molar-refractivity contribution is -0.246. The minimum atomic E-state index is -0.940. The number of rotatable bonds is 11. The maximum atomic E-state index is 14.7. The highest BCUT2D eigenvalue weighted by Gasteiger charge is 2.72. The first kappa shape index (κ1) is 37.6. The third-order valence-corrected chi connectivity index (χ3v) is 16.4. The molecular weight excluding hydrogens is 622 g/mol. The monoisotopic (exact) mass is 690 g/mol. The van der Waals surface area contributed by atoms with Crippen LogP contribution in [0.15, 0.2) is 42.5 Å². The van der Waals surface area contributed by atoms with E-state index in [4.69, 9.17) is 4.74 Å². The average molecular weight is 690 g/mol. The predicted molar refractivity (Wildman–Crippen MR) is 199 cm³/mol. The molecule has 5 aliphatic carbocycles. The summed E-state index contributed by atoms with van der Waals surface area (Å²) < 4.78 is 6.29. The lowest BCUT2D eigenvalue weighted by atomic mass is 9.32. The molecule has 5 aliphatic rings. The minimum absolute atomic E-state index is 0.0381. The second-order valence-electron chi connectivity index (χ2n) is 19.3. The molecule has 6 heteroatoms. The van der Waals surface area contributed by atoms with Gasteiger partial charge < -0.3 is 20.3 Å². The number of fused-ring (bicyclic) bond motifs is 7. The minimum Gasteiger partial charge on any atom is -0.480 e. The van der Waals surface area contributed by atoms with E-state index in [1.165, 1.54) is 5.56 Å². The summed E-state index contributed by atoms with van der Waals surface area (Å²) >= 11 is 0. The molecule has 6 nitrogen and oxygen atoms in total. The third kappa shape index (κ3) is 6.00. The largest absolute Gasteiger partial charge is 0.480 e. The smallest absolute Gasteiger partial charge is 0.326 e. The van der Waals surface area contributed by atoms with Gasteiger partial charge in [0.25, 0.3) is 0 Å². The zero-order valence-electron chi connectivity index (χ0n) is 32.2. The molecule has 0 heterocycles. The van der Waals surface area contributed by atoms with Crippen LogP contribution < -0.4 is 5.32 Å². The number of aliphatic hydroxyl groups is 1. The molecule has 0 aliphatic heterocycles. The Bertz CT molecular complexity index is 1420. The molecule has 5 fully saturated rings. The molecule has 1 unspecified atom stereocenters. The van der Waals surface area contributed by atoms with Crippen LogP contribution in [0.3, 0.4) is 0 Å². The van der Waals surface area contributed by atoms with Crippen molar-refractivity contribution in [2.45, 2.75) is 138 Å². The lowest BCUT2D eigenvalue weighted by Gasteiger charge is -2.72. The van der Waals surface area contributed by atoms with Crippen LogP contribution in [0.2, 0.25) is 0 Å². The van der Waals surface area contributed by atoms with E-state index in [1.54, 1.807) is 0 Å². The van der Waals surface area contributed by atoms with E-state index >= 15 is 0 Å². The Labute approximate surface area is 302 Å². The van der Waals surface area contributed by atoms with Gasteiger partial charge in [0.2, 0.25) is 5.91 Å². The summed E-state index contributed by atoms with van der Waals surface area (Å²) in [4.78, 5) is 27.1. The number of benzene rings is 1. The second kappa shape index (κ2) is 13.7. The Hall–Kier alpha value is -2.18. The summed E-state index contributed by atoms with van der Waals surface area (Å²) in [6.45, 7) is 22.2. The van der Waals surface area contributed by atoms with E-state index in [0.29, 0.717) is 37.4 Å². The van der Waals surface area contributed by atoms with Crippen molar-refractivity contribution in [2.24, 2.45) is 62.6 Å². The fourth-order valence-corrected chi connectivity index (χ4v) is 13.6. The average Bonchev–Trinajstić information content (AvgIpc) is 3.46. The number of carbonyl (C=O) groups is 2. The van der Waals surface area contributed by atoms with Crippen LogP contribution in [0.5, 0.6) is 0 Å². The molecule has 1 aromatic carbocycles. The van der Waals surface area contributed by atoms with Crippen LogP contribution in [0.25, 0.3) is 0 Å². The van der Waals surface area contributed by atoms with E-state index in [1.807, 2.05) is 19.9 Å². The standard InChI is InChI=1S/C44H67NO5/c1-28(2)26-33(38(47)48)45-39(49)44-22-16-31(29(3)27-50-25-19-30-12-10-9-11-13-30)37(44)32-14-15-35-41(6)20-18-36(46)40(4,5)34(41)17-21-43(35,8)42(32,7)23-24-44/h9-13,28,31-37,46H,3,14-27H2,1-2,4-8H3,(H,45,49)(H,47,48)/t31-,32+,33-,34-,35?,36-,37+,41-,42+,43+,44-/m0/s1. The van der Waals surface area contributed by atoms with Gasteiger partial charge in [-0.05, 0) is 145 Å². The highest BCUT2D eigenvalue weighted by Crippen LogP contribution is 2.77. The summed E-state index contributed by atoms with van der Waals surface area (Å²) in [6, 6.07) is 9.56. The van der Waals surface area contributed by atoms with E-state index in [2.05, 4.69) is 70.8 Å². The molecule has 278 valence electrons. The quantitative estimate of drug-likeness (QED) is 0.159.